The number of carbonyl (C=O) groups is 2. The van der Waals surface area contributed by atoms with E-state index in [-0.39, 0.29) is 46.7 Å². The summed E-state index contributed by atoms with van der Waals surface area (Å²) >= 11 is 0. The first kappa shape index (κ1) is 32.6. The van der Waals surface area contributed by atoms with Crippen LogP contribution in [0.5, 0.6) is 5.75 Å². The van der Waals surface area contributed by atoms with Crippen molar-refractivity contribution in [3.63, 3.8) is 0 Å². The van der Waals surface area contributed by atoms with E-state index in [0.717, 1.165) is 42.9 Å². The maximum atomic E-state index is 13.2. The molecule has 0 amide bonds. The van der Waals surface area contributed by atoms with Crippen LogP contribution >= 0.6 is 0 Å². The molecular weight excluding hydrogens is 583 g/mol. The predicted molar refractivity (Wildman–Crippen MR) is 146 cm³/mol. The molecule has 2 saturated carbocycles. The first-order chi connectivity index (χ1) is 19.6. The molecule has 1 unspecified atom stereocenters. The van der Waals surface area contributed by atoms with Gasteiger partial charge in [0.25, 0.3) is 0 Å². The monoisotopic (exact) mass is 620 g/mol. The lowest BCUT2D eigenvalue weighted by molar-refractivity contribution is -0.284. The third-order valence-electron chi connectivity index (χ3n) is 9.63. The molecule has 0 aromatic heterocycles. The van der Waals surface area contributed by atoms with Crippen LogP contribution in [0.15, 0.2) is 30.4 Å². The van der Waals surface area contributed by atoms with Gasteiger partial charge < -0.3 is 14.9 Å². The number of carboxylic acids is 1. The number of aliphatic hydroxyl groups is 1. The van der Waals surface area contributed by atoms with Crippen molar-refractivity contribution in [3.8, 4) is 5.75 Å². The number of alkyl halides is 5. The number of hydrogen-bond acceptors (Lipinski definition) is 5. The van der Waals surface area contributed by atoms with Gasteiger partial charge in [-0.15, -0.1) is 0 Å². The quantitative estimate of drug-likeness (QED) is 0.133. The highest BCUT2D eigenvalue weighted by atomic mass is 32.2. The van der Waals surface area contributed by atoms with Gasteiger partial charge in [0.15, 0.2) is 0 Å². The van der Waals surface area contributed by atoms with Gasteiger partial charge in [-0.2, -0.15) is 22.0 Å². The van der Waals surface area contributed by atoms with Gasteiger partial charge in [0.05, 0.1) is 6.10 Å². The molecule has 2 fully saturated rings. The number of halogens is 5. The Morgan fingerprint density at radius 2 is 1.81 bits per heavy atom. The Balaban J connectivity index is 1.45. The number of aliphatic carboxylic acids is 1. The van der Waals surface area contributed by atoms with E-state index in [0.29, 0.717) is 31.1 Å². The van der Waals surface area contributed by atoms with E-state index >= 15 is 0 Å². The lowest BCUT2D eigenvalue weighted by Gasteiger charge is -2.53. The van der Waals surface area contributed by atoms with Crippen LogP contribution in [0.3, 0.4) is 0 Å². The first-order valence-electron chi connectivity index (χ1n) is 14.4. The second-order valence-electron chi connectivity index (χ2n) is 12.1. The minimum atomic E-state index is -5.61. The summed E-state index contributed by atoms with van der Waals surface area (Å²) in [5, 5.41) is 19.6. The van der Waals surface area contributed by atoms with E-state index in [2.05, 4.69) is 6.92 Å². The molecule has 7 atom stereocenters. The normalized spacial score (nSPS) is 29.9. The van der Waals surface area contributed by atoms with Crippen molar-refractivity contribution < 1.29 is 50.7 Å². The number of ether oxygens (including phenoxy) is 1. The maximum absolute atomic E-state index is 13.2. The van der Waals surface area contributed by atoms with E-state index < -0.39 is 47.7 Å². The fourth-order valence-corrected chi connectivity index (χ4v) is 8.74. The smallest absolute Gasteiger partial charge is 0.453 e. The number of hydrogen-bond donors (Lipinski definition) is 2. The highest BCUT2D eigenvalue weighted by molar-refractivity contribution is 7.84. The molecule has 12 heteroatoms. The summed E-state index contributed by atoms with van der Waals surface area (Å²) in [6, 6.07) is 5.44. The van der Waals surface area contributed by atoms with E-state index in [1.165, 1.54) is 0 Å². The van der Waals surface area contributed by atoms with Crippen LogP contribution in [0.2, 0.25) is 0 Å². The van der Waals surface area contributed by atoms with Gasteiger partial charge in [-0.25, -0.2) is 9.59 Å². The van der Waals surface area contributed by atoms with E-state index in [4.69, 9.17) is 9.84 Å². The Morgan fingerprint density at radius 1 is 1.10 bits per heavy atom. The molecule has 0 heterocycles. The van der Waals surface area contributed by atoms with Crippen molar-refractivity contribution in [3.05, 3.63) is 41.5 Å². The molecule has 1 aromatic rings. The third-order valence-corrected chi connectivity index (χ3v) is 11.1. The minimum Gasteiger partial charge on any atom is -0.478 e. The predicted octanol–water partition coefficient (Wildman–Crippen LogP) is 6.18. The Labute approximate surface area is 244 Å². The zero-order valence-electron chi connectivity index (χ0n) is 23.4. The third kappa shape index (κ3) is 7.06. The van der Waals surface area contributed by atoms with Gasteiger partial charge in [0.2, 0.25) is 0 Å². The molecule has 0 saturated heterocycles. The van der Waals surface area contributed by atoms with E-state index in [1.807, 2.05) is 6.07 Å². The van der Waals surface area contributed by atoms with Gasteiger partial charge in [-0.1, -0.05) is 13.0 Å². The fourth-order valence-electron chi connectivity index (χ4n) is 7.58. The van der Waals surface area contributed by atoms with Crippen molar-refractivity contribution in [1.29, 1.82) is 0 Å². The number of rotatable bonds is 11. The minimum absolute atomic E-state index is 0.154. The lowest BCUT2D eigenvalue weighted by atomic mass is 9.52. The second kappa shape index (κ2) is 12.7. The van der Waals surface area contributed by atoms with Crippen molar-refractivity contribution in [2.45, 2.75) is 88.8 Å². The molecule has 2 N–H and O–H groups in total. The molecule has 0 spiro atoms. The maximum Gasteiger partial charge on any atom is 0.453 e. The van der Waals surface area contributed by atoms with Crippen LogP contribution in [0, 0.1) is 23.2 Å². The number of fused-ring (bicyclic) bond motifs is 5. The number of benzene rings is 1. The van der Waals surface area contributed by atoms with Crippen LogP contribution in [0.4, 0.5) is 22.0 Å². The average Bonchev–Trinajstić information content (AvgIpc) is 3.20. The molecular formula is C30H37F5O6S. The summed E-state index contributed by atoms with van der Waals surface area (Å²) < 4.78 is 81.4. The molecule has 1 aromatic carbocycles. The molecule has 4 rings (SSSR count). The number of esters is 1. The van der Waals surface area contributed by atoms with Gasteiger partial charge in [-0.3, -0.25) is 4.21 Å². The van der Waals surface area contributed by atoms with E-state index in [9.17, 15) is 40.9 Å². The molecule has 3 aliphatic rings. The summed E-state index contributed by atoms with van der Waals surface area (Å²) in [7, 11) is -1.52. The molecule has 6 nitrogen and oxygen atoms in total. The Bertz CT molecular complexity index is 1220. The first-order valence-corrected chi connectivity index (χ1v) is 15.8. The van der Waals surface area contributed by atoms with Gasteiger partial charge >= 0.3 is 24.0 Å². The largest absolute Gasteiger partial charge is 0.478 e. The van der Waals surface area contributed by atoms with Crippen molar-refractivity contribution in [1.82, 2.24) is 0 Å². The van der Waals surface area contributed by atoms with Crippen LogP contribution in [0.25, 0.3) is 0 Å². The summed E-state index contributed by atoms with van der Waals surface area (Å²) in [6.07, 6.45) is -1.11. The van der Waals surface area contributed by atoms with Crippen molar-refractivity contribution in [2.24, 2.45) is 23.2 Å². The molecule has 0 radical (unpaired) electrons. The van der Waals surface area contributed by atoms with Crippen LogP contribution in [-0.4, -0.2) is 56.1 Å². The highest BCUT2D eigenvalue weighted by Crippen LogP contribution is 2.62. The fraction of sp³-hybridized carbons (Fsp3) is 0.667. The topological polar surface area (TPSA) is 101 Å². The molecule has 42 heavy (non-hydrogen) atoms. The Kier molecular flexibility index (Phi) is 9.86. The van der Waals surface area contributed by atoms with Gasteiger partial charge in [0, 0.05) is 40.9 Å². The standard InChI is InChI=1S/C30H37F5O6S/c1-28-13-11-22-21-6-5-20(41-26(39)10-9-25(37)38)17-19(21)16-18(27(22)23(28)7-8-24(28)36)4-2-14-42(40)15-3-12-29(31,32)30(33,34)35/h5-6,9-10,17-18,22-24,27,36H,2-4,7-8,11-16H2,1H3,(H,37,38)/b10-9+/t18-,22-,23+,24+,27-,28+,42?/m1/s1. The number of carboxylic acid groups (broad SMARTS) is 1. The van der Waals surface area contributed by atoms with Crippen LogP contribution in [-0.2, 0) is 26.8 Å². The summed E-state index contributed by atoms with van der Waals surface area (Å²) in [5.41, 5.74) is 1.97. The van der Waals surface area contributed by atoms with Crippen LogP contribution in [0.1, 0.15) is 75.3 Å². The second-order valence-corrected chi connectivity index (χ2v) is 13.8. The number of carbonyl (C=O) groups excluding carboxylic acids is 1. The van der Waals surface area contributed by atoms with Gasteiger partial charge in [-0.05, 0) is 104 Å². The molecule has 234 valence electrons. The zero-order chi connectivity index (χ0) is 30.9. The van der Waals surface area contributed by atoms with Gasteiger partial charge in [0.1, 0.15) is 5.75 Å². The van der Waals surface area contributed by atoms with Crippen LogP contribution < -0.4 is 4.74 Å². The summed E-state index contributed by atoms with van der Waals surface area (Å²) in [6.45, 7) is 2.15. The zero-order valence-corrected chi connectivity index (χ0v) is 24.2. The Hall–Kier alpha value is -2.34. The number of aliphatic hydroxyl groups excluding tert-OH is 1. The van der Waals surface area contributed by atoms with Crippen molar-refractivity contribution >= 4 is 22.7 Å². The summed E-state index contributed by atoms with van der Waals surface area (Å²) in [5.74, 6) is -5.67. The molecule has 0 aliphatic heterocycles. The molecule has 3 aliphatic carbocycles. The SMILES string of the molecule is C[C@]12CC[C@@H]3c4ccc(OC(=O)/C=C/C(=O)O)cc4C[C@@H](CCCS(=O)CCCC(F)(F)C(F)(F)F)[C@H]3[C@@H]1CC[C@@H]2O. The highest BCUT2D eigenvalue weighted by Gasteiger charge is 2.57. The average molecular weight is 621 g/mol. The lowest BCUT2D eigenvalue weighted by Crippen LogP contribution is -2.47. The molecule has 0 bridgehead atoms. The van der Waals surface area contributed by atoms with Crippen molar-refractivity contribution in [2.75, 3.05) is 11.5 Å². The van der Waals surface area contributed by atoms with E-state index in [1.54, 1.807) is 12.1 Å². The Morgan fingerprint density at radius 3 is 2.50 bits per heavy atom. The summed E-state index contributed by atoms with van der Waals surface area (Å²) in [4.78, 5) is 22.7.